The fourth-order valence-electron chi connectivity index (χ4n) is 3.99. The van der Waals surface area contributed by atoms with E-state index in [9.17, 15) is 4.79 Å². The van der Waals surface area contributed by atoms with Gasteiger partial charge >= 0.3 is 6.03 Å². The van der Waals surface area contributed by atoms with Crippen LogP contribution in [-0.4, -0.2) is 29.6 Å². The second kappa shape index (κ2) is 6.24. The van der Waals surface area contributed by atoms with E-state index in [1.165, 1.54) is 5.56 Å². The lowest BCUT2D eigenvalue weighted by molar-refractivity contribution is -0.0308. The van der Waals surface area contributed by atoms with E-state index in [0.717, 1.165) is 19.4 Å². The molecule has 1 atom stereocenters. The van der Waals surface area contributed by atoms with Crippen molar-refractivity contribution in [1.29, 1.82) is 0 Å². The lowest BCUT2D eigenvalue weighted by Crippen LogP contribution is -2.60. The Balaban J connectivity index is 1.58. The topological polar surface area (TPSA) is 54.5 Å². The number of urea groups is 1. The van der Waals surface area contributed by atoms with Crippen molar-refractivity contribution < 1.29 is 9.53 Å². The van der Waals surface area contributed by atoms with Crippen molar-refractivity contribution in [3.8, 4) is 5.75 Å². The lowest BCUT2D eigenvalue weighted by atomic mass is 9.67. The van der Waals surface area contributed by atoms with E-state index in [1.54, 1.807) is 25.4 Å². The minimum Gasteiger partial charge on any atom is -0.493 e. The standard InChI is InChI=1S/C20H21N3O2/c1-25-16-10-7-13-21-18(16)22-19(24)23-14-20(11-5-6-12-20)17(23)15-8-3-2-4-9-15/h2-10,13,17H,11-12,14H2,1H3,(H,21,22,24)/t17-/m1/s1. The van der Waals surface area contributed by atoms with Crippen LogP contribution in [0.25, 0.3) is 0 Å². The molecule has 4 rings (SSSR count). The highest BCUT2D eigenvalue weighted by molar-refractivity contribution is 5.91. The predicted octanol–water partition coefficient (Wildman–Crippen LogP) is 4.02. The maximum absolute atomic E-state index is 12.9. The number of carbonyl (C=O) groups excluding carboxylic acids is 1. The van der Waals surface area contributed by atoms with Gasteiger partial charge in [-0.1, -0.05) is 42.5 Å². The normalized spacial score (nSPS) is 20.4. The lowest BCUT2D eigenvalue weighted by Gasteiger charge is -2.56. The van der Waals surface area contributed by atoms with Gasteiger partial charge in [0.2, 0.25) is 0 Å². The number of hydrogen-bond donors (Lipinski definition) is 1. The fourth-order valence-corrected chi connectivity index (χ4v) is 3.99. The summed E-state index contributed by atoms with van der Waals surface area (Å²) in [5.41, 5.74) is 1.31. The van der Waals surface area contributed by atoms with Gasteiger partial charge in [0.05, 0.1) is 13.2 Å². The minimum atomic E-state index is -0.136. The summed E-state index contributed by atoms with van der Waals surface area (Å²) in [4.78, 5) is 19.0. The Labute approximate surface area is 147 Å². The Morgan fingerprint density at radius 2 is 1.96 bits per heavy atom. The number of likely N-dealkylation sites (tertiary alicyclic amines) is 1. The number of amides is 2. The molecular formula is C20H21N3O2. The predicted molar refractivity (Wildman–Crippen MR) is 96.5 cm³/mol. The second-order valence-corrected chi connectivity index (χ2v) is 6.67. The maximum atomic E-state index is 12.9. The van der Waals surface area contributed by atoms with Crippen LogP contribution in [0.4, 0.5) is 10.6 Å². The highest BCUT2D eigenvalue weighted by Crippen LogP contribution is 2.56. The third-order valence-corrected chi connectivity index (χ3v) is 5.18. The Hall–Kier alpha value is -2.82. The summed E-state index contributed by atoms with van der Waals surface area (Å²) in [5, 5.41) is 2.90. The van der Waals surface area contributed by atoms with Gasteiger partial charge < -0.3 is 9.64 Å². The molecule has 0 unspecified atom stereocenters. The van der Waals surface area contributed by atoms with Crippen LogP contribution >= 0.6 is 0 Å². The molecule has 25 heavy (non-hydrogen) atoms. The maximum Gasteiger partial charge on any atom is 0.323 e. The van der Waals surface area contributed by atoms with Crippen LogP contribution < -0.4 is 10.1 Å². The number of pyridine rings is 1. The summed E-state index contributed by atoms with van der Waals surface area (Å²) in [6.07, 6.45) is 8.14. The average molecular weight is 335 g/mol. The first-order valence-electron chi connectivity index (χ1n) is 8.50. The van der Waals surface area contributed by atoms with Crippen molar-refractivity contribution >= 4 is 11.8 Å². The number of nitrogens with zero attached hydrogens (tertiary/aromatic N) is 2. The summed E-state index contributed by atoms with van der Waals surface area (Å²) in [6.45, 7) is 0.751. The van der Waals surface area contributed by atoms with E-state index >= 15 is 0 Å². The van der Waals surface area contributed by atoms with Gasteiger partial charge in [0.15, 0.2) is 11.6 Å². The zero-order valence-corrected chi connectivity index (χ0v) is 14.2. The summed E-state index contributed by atoms with van der Waals surface area (Å²) >= 11 is 0. The van der Waals surface area contributed by atoms with E-state index < -0.39 is 0 Å². The van der Waals surface area contributed by atoms with Gasteiger partial charge in [0.25, 0.3) is 0 Å². The first kappa shape index (κ1) is 15.7. The molecule has 0 saturated carbocycles. The highest BCUT2D eigenvalue weighted by atomic mass is 16.5. The van der Waals surface area contributed by atoms with E-state index in [2.05, 4.69) is 34.6 Å². The smallest absolute Gasteiger partial charge is 0.323 e. The molecule has 1 aromatic carbocycles. The van der Waals surface area contributed by atoms with Crippen LogP contribution in [0.3, 0.4) is 0 Å². The Morgan fingerprint density at radius 3 is 2.68 bits per heavy atom. The molecule has 1 aliphatic heterocycles. The molecule has 1 aliphatic carbocycles. The molecular weight excluding hydrogens is 314 g/mol. The molecule has 1 N–H and O–H groups in total. The SMILES string of the molecule is COc1cccnc1NC(=O)N1CC2(CC=CC2)[C@H]1c1ccccc1. The van der Waals surface area contributed by atoms with Gasteiger partial charge in [-0.3, -0.25) is 5.32 Å². The van der Waals surface area contributed by atoms with E-state index in [-0.39, 0.29) is 17.5 Å². The number of aromatic nitrogens is 1. The largest absolute Gasteiger partial charge is 0.493 e. The summed E-state index contributed by atoms with van der Waals surface area (Å²) < 4.78 is 5.28. The van der Waals surface area contributed by atoms with E-state index in [0.29, 0.717) is 11.6 Å². The van der Waals surface area contributed by atoms with Gasteiger partial charge in [0, 0.05) is 18.2 Å². The van der Waals surface area contributed by atoms with Gasteiger partial charge in [-0.2, -0.15) is 0 Å². The number of methoxy groups -OCH3 is 1. The van der Waals surface area contributed by atoms with Crippen molar-refractivity contribution in [3.63, 3.8) is 0 Å². The number of anilines is 1. The molecule has 0 bridgehead atoms. The van der Waals surface area contributed by atoms with Gasteiger partial charge in [-0.15, -0.1) is 0 Å². The molecule has 5 heteroatoms. The minimum absolute atomic E-state index is 0.0819. The number of ether oxygens (including phenoxy) is 1. The summed E-state index contributed by atoms with van der Waals surface area (Å²) in [6, 6.07) is 13.8. The van der Waals surface area contributed by atoms with Crippen LogP contribution in [0.2, 0.25) is 0 Å². The molecule has 5 nitrogen and oxygen atoms in total. The number of nitrogens with one attached hydrogen (secondary N) is 1. The first-order chi connectivity index (χ1) is 12.2. The fraction of sp³-hybridized carbons (Fsp3) is 0.300. The second-order valence-electron chi connectivity index (χ2n) is 6.67. The van der Waals surface area contributed by atoms with Crippen LogP contribution in [0, 0.1) is 5.41 Å². The monoisotopic (exact) mass is 335 g/mol. The summed E-state index contributed by atoms with van der Waals surface area (Å²) in [5.74, 6) is 1.01. The first-order valence-corrected chi connectivity index (χ1v) is 8.50. The Bertz CT molecular complexity index is 796. The molecule has 1 fully saturated rings. The molecule has 1 aromatic heterocycles. The van der Waals surface area contributed by atoms with Gasteiger partial charge in [-0.25, -0.2) is 9.78 Å². The molecule has 2 amide bonds. The van der Waals surface area contributed by atoms with Crippen molar-refractivity contribution in [2.75, 3.05) is 19.0 Å². The molecule has 1 spiro atoms. The molecule has 2 heterocycles. The quantitative estimate of drug-likeness (QED) is 0.862. The van der Waals surface area contributed by atoms with E-state index in [1.807, 2.05) is 23.1 Å². The molecule has 0 radical (unpaired) electrons. The van der Waals surface area contributed by atoms with Gasteiger partial charge in [0.1, 0.15) is 0 Å². The molecule has 2 aromatic rings. The number of carbonyl (C=O) groups is 1. The Morgan fingerprint density at radius 1 is 1.20 bits per heavy atom. The van der Waals surface area contributed by atoms with Crippen LogP contribution in [0.5, 0.6) is 5.75 Å². The zero-order chi connectivity index (χ0) is 17.3. The summed E-state index contributed by atoms with van der Waals surface area (Å²) in [7, 11) is 1.57. The highest BCUT2D eigenvalue weighted by Gasteiger charge is 2.54. The molecule has 128 valence electrons. The van der Waals surface area contributed by atoms with Crippen LogP contribution in [-0.2, 0) is 0 Å². The molecule has 1 saturated heterocycles. The Kier molecular flexibility index (Phi) is 3.92. The van der Waals surface area contributed by atoms with Crippen LogP contribution in [0.1, 0.15) is 24.4 Å². The third-order valence-electron chi connectivity index (χ3n) is 5.18. The van der Waals surface area contributed by atoms with Crippen molar-refractivity contribution in [3.05, 3.63) is 66.4 Å². The third kappa shape index (κ3) is 2.65. The van der Waals surface area contributed by atoms with Gasteiger partial charge in [-0.05, 0) is 30.5 Å². The van der Waals surface area contributed by atoms with Crippen LogP contribution in [0.15, 0.2) is 60.8 Å². The average Bonchev–Trinajstić information content (AvgIpc) is 3.13. The van der Waals surface area contributed by atoms with Crippen molar-refractivity contribution in [2.45, 2.75) is 18.9 Å². The molecule has 2 aliphatic rings. The van der Waals surface area contributed by atoms with Crippen molar-refractivity contribution in [1.82, 2.24) is 9.88 Å². The number of rotatable bonds is 3. The number of allylic oxidation sites excluding steroid dienone is 2. The number of hydrogen-bond acceptors (Lipinski definition) is 3. The number of benzene rings is 1. The van der Waals surface area contributed by atoms with Crippen molar-refractivity contribution in [2.24, 2.45) is 5.41 Å². The zero-order valence-electron chi connectivity index (χ0n) is 14.2. The van der Waals surface area contributed by atoms with E-state index in [4.69, 9.17) is 4.74 Å².